The van der Waals surface area contributed by atoms with Gasteiger partial charge in [0.2, 0.25) is 11.6 Å². The lowest BCUT2D eigenvalue weighted by Crippen LogP contribution is -2.48. The van der Waals surface area contributed by atoms with E-state index in [1.165, 1.54) is 12.1 Å². The second-order valence-corrected chi connectivity index (χ2v) is 5.97. The lowest BCUT2D eigenvalue weighted by Gasteiger charge is -2.34. The van der Waals surface area contributed by atoms with Gasteiger partial charge in [0.25, 0.3) is 0 Å². The molecule has 1 aromatic carbocycles. The Morgan fingerprint density at radius 1 is 1.16 bits per heavy atom. The fraction of sp³-hybridized carbons (Fsp3) is 0.294. The van der Waals surface area contributed by atoms with Gasteiger partial charge in [-0.05, 0) is 12.1 Å². The standard InChI is InChI=1S/C17H17FN6O/c1-12(25)22-7-9-23(10-8-22)16-17-21-20-15(24(17)6-5-19-16)13-3-2-4-14(18)11-13/h2-6,11H,7-10H2,1H3. The Morgan fingerprint density at radius 2 is 1.96 bits per heavy atom. The van der Waals surface area contributed by atoms with E-state index < -0.39 is 0 Å². The van der Waals surface area contributed by atoms with Crippen molar-refractivity contribution < 1.29 is 9.18 Å². The van der Waals surface area contributed by atoms with Gasteiger partial charge in [0, 0.05) is 51.1 Å². The number of halogens is 1. The van der Waals surface area contributed by atoms with Gasteiger partial charge < -0.3 is 9.80 Å². The van der Waals surface area contributed by atoms with Gasteiger partial charge in [-0.25, -0.2) is 9.37 Å². The molecule has 1 fully saturated rings. The van der Waals surface area contributed by atoms with E-state index in [4.69, 9.17) is 0 Å². The third-order valence-corrected chi connectivity index (χ3v) is 4.42. The first-order valence-corrected chi connectivity index (χ1v) is 8.09. The van der Waals surface area contributed by atoms with Crippen molar-refractivity contribution in [2.24, 2.45) is 0 Å². The van der Waals surface area contributed by atoms with Crippen LogP contribution in [0.3, 0.4) is 0 Å². The molecule has 0 radical (unpaired) electrons. The van der Waals surface area contributed by atoms with Crippen LogP contribution in [0.15, 0.2) is 36.7 Å². The average Bonchev–Trinajstić information content (AvgIpc) is 3.06. The summed E-state index contributed by atoms with van der Waals surface area (Å²) < 4.78 is 15.3. The van der Waals surface area contributed by atoms with Crippen LogP contribution in [0.2, 0.25) is 0 Å². The molecule has 0 bridgehead atoms. The largest absolute Gasteiger partial charge is 0.350 e. The van der Waals surface area contributed by atoms with Gasteiger partial charge in [-0.3, -0.25) is 9.20 Å². The molecular weight excluding hydrogens is 323 g/mol. The quantitative estimate of drug-likeness (QED) is 0.709. The molecular formula is C17H17FN6O. The number of aromatic nitrogens is 4. The maximum atomic E-state index is 13.5. The predicted molar refractivity (Wildman–Crippen MR) is 90.6 cm³/mol. The molecule has 0 spiro atoms. The van der Waals surface area contributed by atoms with Gasteiger partial charge >= 0.3 is 0 Å². The monoisotopic (exact) mass is 340 g/mol. The molecule has 1 aliphatic rings. The van der Waals surface area contributed by atoms with Gasteiger partial charge in [0.15, 0.2) is 11.6 Å². The van der Waals surface area contributed by atoms with E-state index in [1.807, 2.05) is 9.30 Å². The SMILES string of the molecule is CC(=O)N1CCN(c2nccn3c(-c4cccc(F)c4)nnc23)CC1. The molecule has 4 rings (SSSR count). The molecule has 2 aromatic heterocycles. The van der Waals surface area contributed by atoms with E-state index >= 15 is 0 Å². The van der Waals surface area contributed by atoms with E-state index in [1.54, 1.807) is 31.5 Å². The van der Waals surface area contributed by atoms with Crippen LogP contribution < -0.4 is 4.90 Å². The Kier molecular flexibility index (Phi) is 3.79. The number of benzene rings is 1. The molecule has 1 aliphatic heterocycles. The minimum atomic E-state index is -0.316. The molecule has 3 aromatic rings. The molecule has 25 heavy (non-hydrogen) atoms. The summed E-state index contributed by atoms with van der Waals surface area (Å²) in [6.07, 6.45) is 3.46. The van der Waals surface area contributed by atoms with Crippen molar-refractivity contribution in [2.75, 3.05) is 31.1 Å². The number of fused-ring (bicyclic) bond motifs is 1. The molecule has 0 N–H and O–H groups in total. The fourth-order valence-electron chi connectivity index (χ4n) is 3.09. The van der Waals surface area contributed by atoms with Gasteiger partial charge in [0.1, 0.15) is 5.82 Å². The zero-order chi connectivity index (χ0) is 17.4. The molecule has 7 nitrogen and oxygen atoms in total. The van der Waals surface area contributed by atoms with Crippen LogP contribution in [0, 0.1) is 5.82 Å². The summed E-state index contributed by atoms with van der Waals surface area (Å²) in [6, 6.07) is 6.27. The lowest BCUT2D eigenvalue weighted by atomic mass is 10.2. The summed E-state index contributed by atoms with van der Waals surface area (Å²) in [4.78, 5) is 19.8. The zero-order valence-corrected chi connectivity index (χ0v) is 13.8. The lowest BCUT2D eigenvalue weighted by molar-refractivity contribution is -0.129. The van der Waals surface area contributed by atoms with E-state index in [0.717, 1.165) is 5.82 Å². The second kappa shape index (κ2) is 6.12. The average molecular weight is 340 g/mol. The molecule has 8 heteroatoms. The molecule has 3 heterocycles. The summed E-state index contributed by atoms with van der Waals surface area (Å²) in [5.74, 6) is 1.06. The number of hydrogen-bond donors (Lipinski definition) is 0. The third-order valence-electron chi connectivity index (χ3n) is 4.42. The number of anilines is 1. The van der Waals surface area contributed by atoms with Crippen molar-refractivity contribution in [1.82, 2.24) is 24.5 Å². The number of piperazine rings is 1. The summed E-state index contributed by atoms with van der Waals surface area (Å²) in [7, 11) is 0. The summed E-state index contributed by atoms with van der Waals surface area (Å²) in [5, 5.41) is 8.48. The van der Waals surface area contributed by atoms with E-state index in [2.05, 4.69) is 20.1 Å². The Labute approximate surface area is 143 Å². The molecule has 1 amide bonds. The van der Waals surface area contributed by atoms with Gasteiger partial charge in [-0.15, -0.1) is 10.2 Å². The Bertz CT molecular complexity index is 932. The normalized spacial score (nSPS) is 15.0. The van der Waals surface area contributed by atoms with Crippen LogP contribution >= 0.6 is 0 Å². The summed E-state index contributed by atoms with van der Waals surface area (Å²) in [6.45, 7) is 4.27. The third kappa shape index (κ3) is 2.79. The minimum absolute atomic E-state index is 0.0849. The first-order valence-electron chi connectivity index (χ1n) is 8.09. The van der Waals surface area contributed by atoms with Gasteiger partial charge in [-0.2, -0.15) is 0 Å². The smallest absolute Gasteiger partial charge is 0.219 e. The number of carbonyl (C=O) groups is 1. The Morgan fingerprint density at radius 3 is 2.68 bits per heavy atom. The van der Waals surface area contributed by atoms with E-state index in [-0.39, 0.29) is 11.7 Å². The first kappa shape index (κ1) is 15.5. The van der Waals surface area contributed by atoms with Gasteiger partial charge in [0.05, 0.1) is 0 Å². The highest BCUT2D eigenvalue weighted by molar-refractivity contribution is 5.74. The highest BCUT2D eigenvalue weighted by atomic mass is 19.1. The van der Waals surface area contributed by atoms with Crippen LogP contribution in [-0.2, 0) is 4.79 Å². The minimum Gasteiger partial charge on any atom is -0.350 e. The molecule has 0 unspecified atom stereocenters. The number of carbonyl (C=O) groups excluding carboxylic acids is 1. The number of amides is 1. The number of nitrogens with zero attached hydrogens (tertiary/aromatic N) is 6. The highest BCUT2D eigenvalue weighted by Crippen LogP contribution is 2.24. The van der Waals surface area contributed by atoms with Crippen LogP contribution in [0.4, 0.5) is 10.2 Å². The zero-order valence-electron chi connectivity index (χ0n) is 13.8. The van der Waals surface area contributed by atoms with E-state index in [9.17, 15) is 9.18 Å². The molecule has 0 aliphatic carbocycles. The fourth-order valence-corrected chi connectivity index (χ4v) is 3.09. The van der Waals surface area contributed by atoms with E-state index in [0.29, 0.717) is 43.2 Å². The van der Waals surface area contributed by atoms with Crippen molar-refractivity contribution in [1.29, 1.82) is 0 Å². The molecule has 1 saturated heterocycles. The predicted octanol–water partition coefficient (Wildman–Crippen LogP) is 1.60. The Balaban J connectivity index is 1.69. The number of rotatable bonds is 2. The van der Waals surface area contributed by atoms with Crippen LogP contribution in [0.5, 0.6) is 0 Å². The number of hydrogen-bond acceptors (Lipinski definition) is 5. The Hall–Kier alpha value is -3.03. The molecule has 128 valence electrons. The van der Waals surface area contributed by atoms with Gasteiger partial charge in [-0.1, -0.05) is 12.1 Å². The van der Waals surface area contributed by atoms with Crippen LogP contribution in [-0.4, -0.2) is 56.6 Å². The second-order valence-electron chi connectivity index (χ2n) is 5.97. The first-order chi connectivity index (χ1) is 12.1. The van der Waals surface area contributed by atoms with Crippen molar-refractivity contribution in [3.8, 4) is 11.4 Å². The molecule has 0 atom stereocenters. The van der Waals surface area contributed by atoms with Crippen molar-refractivity contribution in [3.63, 3.8) is 0 Å². The van der Waals surface area contributed by atoms with Crippen molar-refractivity contribution in [3.05, 3.63) is 42.5 Å². The van der Waals surface area contributed by atoms with Crippen LogP contribution in [0.1, 0.15) is 6.92 Å². The topological polar surface area (TPSA) is 66.6 Å². The maximum Gasteiger partial charge on any atom is 0.219 e. The molecule has 0 saturated carbocycles. The highest BCUT2D eigenvalue weighted by Gasteiger charge is 2.23. The van der Waals surface area contributed by atoms with Crippen LogP contribution in [0.25, 0.3) is 17.0 Å². The van der Waals surface area contributed by atoms with Crippen molar-refractivity contribution in [2.45, 2.75) is 6.92 Å². The maximum absolute atomic E-state index is 13.5. The summed E-state index contributed by atoms with van der Waals surface area (Å²) in [5.41, 5.74) is 1.28. The summed E-state index contributed by atoms with van der Waals surface area (Å²) >= 11 is 0. The van der Waals surface area contributed by atoms with Crippen molar-refractivity contribution >= 4 is 17.4 Å².